The number of carbonyl (C=O) groups excluding carboxylic acids is 2. The topological polar surface area (TPSA) is 110 Å². The van der Waals surface area contributed by atoms with Gasteiger partial charge in [0.05, 0.1) is 0 Å². The van der Waals surface area contributed by atoms with Crippen LogP contribution >= 0.6 is 0 Å². The number of hydrogen-bond donors (Lipinski definition) is 2. The summed E-state index contributed by atoms with van der Waals surface area (Å²) >= 11 is 0. The third kappa shape index (κ3) is 5.99. The van der Waals surface area contributed by atoms with Gasteiger partial charge in [-0.05, 0) is 55.7 Å². The number of nitrogens with one attached hydrogen (secondary N) is 2. The highest BCUT2D eigenvalue weighted by molar-refractivity contribution is 6.09. The fourth-order valence-corrected chi connectivity index (χ4v) is 4.90. The van der Waals surface area contributed by atoms with Crippen LogP contribution in [0.25, 0.3) is 22.5 Å². The quantitative estimate of drug-likeness (QED) is 0.195. The van der Waals surface area contributed by atoms with Gasteiger partial charge in [-0.3, -0.25) is 9.59 Å². The molecule has 212 valence electrons. The molecular weight excluding hydrogens is 540 g/mol. The van der Waals surface area contributed by atoms with Crippen molar-refractivity contribution in [2.45, 2.75) is 20.3 Å². The van der Waals surface area contributed by atoms with Crippen LogP contribution in [0.1, 0.15) is 43.4 Å². The molecule has 43 heavy (non-hydrogen) atoms. The number of anilines is 2. The lowest BCUT2D eigenvalue weighted by atomic mass is 10.0. The molecule has 2 heterocycles. The van der Waals surface area contributed by atoms with E-state index in [9.17, 15) is 9.59 Å². The van der Waals surface area contributed by atoms with Crippen LogP contribution in [0.5, 0.6) is 0 Å². The molecule has 6 aromatic rings. The Bertz CT molecular complexity index is 1740. The smallest absolute Gasteiger partial charge is 0.261 e. The van der Waals surface area contributed by atoms with E-state index >= 15 is 0 Å². The fourth-order valence-electron chi connectivity index (χ4n) is 4.90. The average molecular weight is 569 g/mol. The van der Waals surface area contributed by atoms with Gasteiger partial charge >= 0.3 is 0 Å². The van der Waals surface area contributed by atoms with Gasteiger partial charge in [-0.25, -0.2) is 0 Å². The van der Waals surface area contributed by atoms with Gasteiger partial charge in [-0.2, -0.15) is 0 Å². The molecule has 0 radical (unpaired) electrons. The Kier molecular flexibility index (Phi) is 7.65. The van der Waals surface area contributed by atoms with Crippen molar-refractivity contribution in [3.05, 3.63) is 143 Å². The van der Waals surface area contributed by atoms with Crippen LogP contribution in [-0.4, -0.2) is 22.1 Å². The first-order chi connectivity index (χ1) is 21.0. The van der Waals surface area contributed by atoms with E-state index in [1.54, 1.807) is 13.8 Å². The van der Waals surface area contributed by atoms with E-state index in [0.29, 0.717) is 51.8 Å². The molecule has 2 N–H and O–H groups in total. The number of carbonyl (C=O) groups is 2. The number of aryl methyl sites for hydroxylation is 2. The monoisotopic (exact) mass is 568 g/mol. The number of nitrogens with zero attached hydrogens (tertiary/aromatic N) is 2. The summed E-state index contributed by atoms with van der Waals surface area (Å²) in [5.74, 6) is 0.363. The number of amides is 2. The molecule has 0 bridgehead atoms. The maximum Gasteiger partial charge on any atom is 0.261 e. The first kappa shape index (κ1) is 27.4. The lowest BCUT2D eigenvalue weighted by Crippen LogP contribution is -2.13. The van der Waals surface area contributed by atoms with Gasteiger partial charge in [-0.1, -0.05) is 95.2 Å². The molecule has 8 nitrogen and oxygen atoms in total. The van der Waals surface area contributed by atoms with E-state index in [2.05, 4.69) is 20.9 Å². The molecule has 2 amide bonds. The maximum absolute atomic E-state index is 13.1. The Morgan fingerprint density at radius 3 is 1.30 bits per heavy atom. The fraction of sp³-hybridized carbons (Fsp3) is 0.0857. The zero-order valence-corrected chi connectivity index (χ0v) is 23.6. The molecule has 0 saturated carbocycles. The molecule has 0 spiro atoms. The van der Waals surface area contributed by atoms with Crippen molar-refractivity contribution in [2.24, 2.45) is 0 Å². The summed E-state index contributed by atoms with van der Waals surface area (Å²) in [6.07, 6.45) is 0.689. The van der Waals surface area contributed by atoms with E-state index in [0.717, 1.165) is 22.3 Å². The number of rotatable bonds is 8. The molecule has 0 unspecified atom stereocenters. The molecule has 0 aliphatic rings. The Labute approximate surface area is 248 Å². The highest BCUT2D eigenvalue weighted by atomic mass is 16.5. The summed E-state index contributed by atoms with van der Waals surface area (Å²) in [5, 5.41) is 14.1. The SMILES string of the molecule is Cc1onc(-c2ccccc2)c1C(=O)Nc1ccc(Cc2ccc(NC(=O)c3c(-c4ccccc4)noc3C)cc2)cc1. The van der Waals surface area contributed by atoms with Crippen LogP contribution in [0.4, 0.5) is 11.4 Å². The van der Waals surface area contributed by atoms with Gasteiger partial charge < -0.3 is 19.7 Å². The maximum atomic E-state index is 13.1. The molecule has 0 fully saturated rings. The van der Waals surface area contributed by atoms with E-state index in [1.165, 1.54) is 0 Å². The van der Waals surface area contributed by atoms with E-state index in [-0.39, 0.29) is 11.8 Å². The third-order valence-electron chi connectivity index (χ3n) is 7.11. The predicted octanol–water partition coefficient (Wildman–Crippen LogP) is 7.71. The number of aromatic nitrogens is 2. The molecular formula is C35H28N4O4. The second-order valence-corrected chi connectivity index (χ2v) is 10.1. The van der Waals surface area contributed by atoms with Crippen molar-refractivity contribution in [1.29, 1.82) is 0 Å². The normalized spacial score (nSPS) is 10.8. The summed E-state index contributed by atoms with van der Waals surface area (Å²) in [5.41, 5.74) is 6.99. The Balaban J connectivity index is 1.09. The summed E-state index contributed by atoms with van der Waals surface area (Å²) in [6.45, 7) is 3.46. The summed E-state index contributed by atoms with van der Waals surface area (Å²) in [4.78, 5) is 26.2. The molecule has 0 saturated heterocycles. The Morgan fingerprint density at radius 2 is 0.930 bits per heavy atom. The van der Waals surface area contributed by atoms with Crippen molar-refractivity contribution in [1.82, 2.24) is 10.3 Å². The van der Waals surface area contributed by atoms with Crippen molar-refractivity contribution < 1.29 is 18.6 Å². The highest BCUT2D eigenvalue weighted by Crippen LogP contribution is 2.28. The van der Waals surface area contributed by atoms with E-state index in [4.69, 9.17) is 9.05 Å². The molecule has 2 aromatic heterocycles. The van der Waals surface area contributed by atoms with Gasteiger partial charge in [-0.15, -0.1) is 0 Å². The van der Waals surface area contributed by atoms with Crippen LogP contribution in [0.15, 0.2) is 118 Å². The highest BCUT2D eigenvalue weighted by Gasteiger charge is 2.23. The van der Waals surface area contributed by atoms with Crippen LogP contribution in [0.3, 0.4) is 0 Å². The average Bonchev–Trinajstić information content (AvgIpc) is 3.62. The Hall–Kier alpha value is -5.76. The number of hydrogen-bond acceptors (Lipinski definition) is 6. The summed E-state index contributed by atoms with van der Waals surface area (Å²) in [6, 6.07) is 34.4. The second kappa shape index (κ2) is 12.0. The van der Waals surface area contributed by atoms with E-state index < -0.39 is 0 Å². The van der Waals surface area contributed by atoms with Crippen molar-refractivity contribution in [3.63, 3.8) is 0 Å². The molecule has 6 rings (SSSR count). The molecule has 0 aliphatic carbocycles. The molecule has 8 heteroatoms. The van der Waals surface area contributed by atoms with Crippen molar-refractivity contribution in [2.75, 3.05) is 10.6 Å². The lowest BCUT2D eigenvalue weighted by molar-refractivity contribution is 0.101. The van der Waals surface area contributed by atoms with Gasteiger partial charge in [0.15, 0.2) is 0 Å². The van der Waals surface area contributed by atoms with Gasteiger partial charge in [0, 0.05) is 22.5 Å². The first-order valence-electron chi connectivity index (χ1n) is 13.8. The molecule has 4 aromatic carbocycles. The first-order valence-corrected chi connectivity index (χ1v) is 13.8. The van der Waals surface area contributed by atoms with E-state index in [1.807, 2.05) is 109 Å². The minimum absolute atomic E-state index is 0.278. The zero-order chi connectivity index (χ0) is 29.8. The van der Waals surface area contributed by atoms with Crippen molar-refractivity contribution in [3.8, 4) is 22.5 Å². The van der Waals surface area contributed by atoms with Gasteiger partial charge in [0.2, 0.25) is 0 Å². The predicted molar refractivity (Wildman–Crippen MR) is 165 cm³/mol. The lowest BCUT2D eigenvalue weighted by Gasteiger charge is -2.09. The summed E-state index contributed by atoms with van der Waals surface area (Å²) < 4.78 is 10.7. The minimum atomic E-state index is -0.278. The van der Waals surface area contributed by atoms with Crippen molar-refractivity contribution >= 4 is 23.2 Å². The largest absolute Gasteiger partial charge is 0.360 e. The summed E-state index contributed by atoms with van der Waals surface area (Å²) in [7, 11) is 0. The van der Waals surface area contributed by atoms with Gasteiger partial charge in [0.1, 0.15) is 34.0 Å². The standard InChI is InChI=1S/C35H28N4O4/c1-22-30(32(38-42-22)26-9-5-3-6-10-26)34(40)36-28-17-13-24(14-18-28)21-25-15-19-29(20-16-25)37-35(41)31-23(2)43-39-33(31)27-11-7-4-8-12-27/h3-20H,21H2,1-2H3,(H,36,40)(H,37,41). The van der Waals surface area contributed by atoms with Crippen LogP contribution in [-0.2, 0) is 6.42 Å². The van der Waals surface area contributed by atoms with Crippen LogP contribution < -0.4 is 10.6 Å². The molecule has 0 atom stereocenters. The third-order valence-corrected chi connectivity index (χ3v) is 7.11. The second-order valence-electron chi connectivity index (χ2n) is 10.1. The Morgan fingerprint density at radius 1 is 0.558 bits per heavy atom. The zero-order valence-electron chi connectivity index (χ0n) is 23.6. The number of benzene rings is 4. The van der Waals surface area contributed by atoms with Crippen LogP contribution in [0, 0.1) is 13.8 Å². The van der Waals surface area contributed by atoms with Crippen LogP contribution in [0.2, 0.25) is 0 Å². The minimum Gasteiger partial charge on any atom is -0.360 e. The molecule has 0 aliphatic heterocycles. The van der Waals surface area contributed by atoms with Gasteiger partial charge in [0.25, 0.3) is 11.8 Å².